The maximum atomic E-state index is 5.11. The van der Waals surface area contributed by atoms with Gasteiger partial charge in [0.25, 0.3) is 0 Å². The van der Waals surface area contributed by atoms with Crippen molar-refractivity contribution in [2.75, 3.05) is 0 Å². The quantitative estimate of drug-likeness (QED) is 0.232. The van der Waals surface area contributed by atoms with E-state index in [1.807, 2.05) is 60.7 Å². The highest BCUT2D eigenvalue weighted by Crippen LogP contribution is 2.41. The Hall–Kier alpha value is -6.07. The molecule has 3 aromatic heterocycles. The van der Waals surface area contributed by atoms with Gasteiger partial charge in [-0.25, -0.2) is 15.0 Å². The standard InChI is InChI=1S/C39H25N5/c1-4-13-25(14-5-1)37-41-38(26-15-6-2-7-16-26)43-39(42-37)32-21-12-20-30-31-24-23-29-28-19-10-11-22-33(28)40-34(29)36(31)44(35(30)32)27-17-8-3-9-18-27/h1-24,40H. The van der Waals surface area contributed by atoms with Gasteiger partial charge in [0, 0.05) is 49.4 Å². The Labute approximate surface area is 253 Å². The number of benzene rings is 6. The first-order valence-electron chi connectivity index (χ1n) is 14.7. The third-order valence-corrected chi connectivity index (χ3v) is 8.38. The average molecular weight is 564 g/mol. The van der Waals surface area contributed by atoms with Crippen molar-refractivity contribution >= 4 is 43.6 Å². The van der Waals surface area contributed by atoms with Gasteiger partial charge in [-0.05, 0) is 24.3 Å². The summed E-state index contributed by atoms with van der Waals surface area (Å²) in [5.41, 5.74) is 8.35. The van der Waals surface area contributed by atoms with Gasteiger partial charge in [-0.3, -0.25) is 0 Å². The van der Waals surface area contributed by atoms with E-state index in [9.17, 15) is 0 Å². The molecule has 0 atom stereocenters. The van der Waals surface area contributed by atoms with Crippen LogP contribution in [0.4, 0.5) is 0 Å². The summed E-state index contributed by atoms with van der Waals surface area (Å²) < 4.78 is 2.37. The minimum Gasteiger partial charge on any atom is -0.353 e. The van der Waals surface area contributed by atoms with Gasteiger partial charge in [-0.1, -0.05) is 121 Å². The topological polar surface area (TPSA) is 59.4 Å². The van der Waals surface area contributed by atoms with Gasteiger partial charge >= 0.3 is 0 Å². The van der Waals surface area contributed by atoms with E-state index < -0.39 is 0 Å². The van der Waals surface area contributed by atoms with Gasteiger partial charge in [-0.2, -0.15) is 0 Å². The van der Waals surface area contributed by atoms with Crippen LogP contribution in [0.5, 0.6) is 0 Å². The number of para-hydroxylation sites is 3. The highest BCUT2D eigenvalue weighted by atomic mass is 15.1. The van der Waals surface area contributed by atoms with Crippen LogP contribution in [-0.4, -0.2) is 24.5 Å². The van der Waals surface area contributed by atoms with Crippen LogP contribution in [0.15, 0.2) is 146 Å². The lowest BCUT2D eigenvalue weighted by molar-refractivity contribution is 1.07. The molecule has 44 heavy (non-hydrogen) atoms. The molecule has 0 saturated carbocycles. The van der Waals surface area contributed by atoms with Crippen LogP contribution < -0.4 is 0 Å². The molecule has 0 radical (unpaired) electrons. The van der Waals surface area contributed by atoms with E-state index in [-0.39, 0.29) is 0 Å². The molecule has 0 unspecified atom stereocenters. The van der Waals surface area contributed by atoms with E-state index in [1.54, 1.807) is 0 Å². The number of fused-ring (bicyclic) bond motifs is 7. The Morgan fingerprint density at radius 2 is 0.955 bits per heavy atom. The van der Waals surface area contributed by atoms with Gasteiger partial charge < -0.3 is 9.55 Å². The van der Waals surface area contributed by atoms with Crippen molar-refractivity contribution in [1.82, 2.24) is 24.5 Å². The molecule has 0 amide bonds. The van der Waals surface area contributed by atoms with Crippen molar-refractivity contribution in [3.05, 3.63) is 146 Å². The lowest BCUT2D eigenvalue weighted by Gasteiger charge is -2.13. The maximum absolute atomic E-state index is 5.11. The highest BCUT2D eigenvalue weighted by molar-refractivity contribution is 6.24. The maximum Gasteiger partial charge on any atom is 0.166 e. The molecule has 1 N–H and O–H groups in total. The summed E-state index contributed by atoms with van der Waals surface area (Å²) in [5, 5.41) is 4.73. The van der Waals surface area contributed by atoms with Crippen molar-refractivity contribution in [3.8, 4) is 39.9 Å². The summed E-state index contributed by atoms with van der Waals surface area (Å²) in [6, 6.07) is 50.2. The Morgan fingerprint density at radius 3 is 1.66 bits per heavy atom. The van der Waals surface area contributed by atoms with E-state index in [0.717, 1.165) is 49.8 Å². The molecule has 0 aliphatic carbocycles. The molecule has 9 aromatic rings. The van der Waals surface area contributed by atoms with E-state index in [0.29, 0.717) is 17.5 Å². The van der Waals surface area contributed by atoms with Crippen molar-refractivity contribution in [1.29, 1.82) is 0 Å². The lowest BCUT2D eigenvalue weighted by atomic mass is 10.1. The van der Waals surface area contributed by atoms with Crippen molar-refractivity contribution < 1.29 is 0 Å². The van der Waals surface area contributed by atoms with Crippen molar-refractivity contribution in [2.24, 2.45) is 0 Å². The molecule has 0 fully saturated rings. The Bertz CT molecular complexity index is 2420. The fourth-order valence-corrected chi connectivity index (χ4v) is 6.41. The largest absolute Gasteiger partial charge is 0.353 e. The molecular weight excluding hydrogens is 538 g/mol. The Kier molecular flexibility index (Phi) is 5.43. The second-order valence-electron chi connectivity index (χ2n) is 11.0. The van der Waals surface area contributed by atoms with E-state index in [2.05, 4.69) is 94.5 Å². The zero-order chi connectivity index (χ0) is 29.0. The number of hydrogen-bond acceptors (Lipinski definition) is 3. The number of aromatic amines is 1. The zero-order valence-electron chi connectivity index (χ0n) is 23.6. The molecule has 3 heterocycles. The highest BCUT2D eigenvalue weighted by Gasteiger charge is 2.22. The molecule has 0 bridgehead atoms. The van der Waals surface area contributed by atoms with Gasteiger partial charge in [0.05, 0.1) is 16.6 Å². The zero-order valence-corrected chi connectivity index (χ0v) is 23.6. The number of rotatable bonds is 4. The summed E-state index contributed by atoms with van der Waals surface area (Å²) >= 11 is 0. The Balaban J connectivity index is 1.42. The van der Waals surface area contributed by atoms with Crippen molar-refractivity contribution in [3.63, 3.8) is 0 Å². The molecule has 9 rings (SSSR count). The van der Waals surface area contributed by atoms with Gasteiger partial charge in [0.1, 0.15) is 0 Å². The summed E-state index contributed by atoms with van der Waals surface area (Å²) in [6.45, 7) is 0. The van der Waals surface area contributed by atoms with Crippen LogP contribution in [0.3, 0.4) is 0 Å². The Morgan fingerprint density at radius 1 is 0.409 bits per heavy atom. The molecule has 0 spiro atoms. The normalized spacial score (nSPS) is 11.6. The number of aromatic nitrogens is 5. The summed E-state index contributed by atoms with van der Waals surface area (Å²) in [4.78, 5) is 18.9. The second kappa shape index (κ2) is 9.75. The molecular formula is C39H25N5. The van der Waals surface area contributed by atoms with Gasteiger partial charge in [-0.15, -0.1) is 0 Å². The second-order valence-corrected chi connectivity index (χ2v) is 11.0. The monoisotopic (exact) mass is 563 g/mol. The summed E-state index contributed by atoms with van der Waals surface area (Å²) in [5.74, 6) is 1.93. The molecule has 206 valence electrons. The predicted molar refractivity (Wildman–Crippen MR) is 180 cm³/mol. The molecule has 0 aliphatic rings. The minimum atomic E-state index is 0.635. The van der Waals surface area contributed by atoms with Gasteiger partial charge in [0.2, 0.25) is 0 Å². The molecule has 5 heteroatoms. The first-order chi connectivity index (χ1) is 21.8. The first-order valence-corrected chi connectivity index (χ1v) is 14.7. The van der Waals surface area contributed by atoms with Crippen molar-refractivity contribution in [2.45, 2.75) is 0 Å². The van der Waals surface area contributed by atoms with E-state index >= 15 is 0 Å². The predicted octanol–water partition coefficient (Wildman–Crippen LogP) is 9.60. The lowest BCUT2D eigenvalue weighted by Crippen LogP contribution is -2.02. The average Bonchev–Trinajstić information content (AvgIpc) is 3.65. The summed E-state index contributed by atoms with van der Waals surface area (Å²) in [6.07, 6.45) is 0. The van der Waals surface area contributed by atoms with Crippen LogP contribution in [0.2, 0.25) is 0 Å². The fourth-order valence-electron chi connectivity index (χ4n) is 6.41. The third-order valence-electron chi connectivity index (χ3n) is 8.38. The van der Waals surface area contributed by atoms with Crippen LogP contribution in [-0.2, 0) is 0 Å². The van der Waals surface area contributed by atoms with Crippen LogP contribution >= 0.6 is 0 Å². The van der Waals surface area contributed by atoms with Crippen LogP contribution in [0, 0.1) is 0 Å². The molecule has 6 aromatic carbocycles. The third kappa shape index (κ3) is 3.76. The molecule has 0 aliphatic heterocycles. The fraction of sp³-hybridized carbons (Fsp3) is 0. The van der Waals surface area contributed by atoms with E-state index in [1.165, 1.54) is 16.2 Å². The smallest absolute Gasteiger partial charge is 0.166 e. The minimum absolute atomic E-state index is 0.635. The molecule has 5 nitrogen and oxygen atoms in total. The first kappa shape index (κ1) is 24.5. The summed E-state index contributed by atoms with van der Waals surface area (Å²) in [7, 11) is 0. The SMILES string of the molecule is c1ccc(-c2nc(-c3ccccc3)nc(-c3cccc4c5ccc6c7ccccc7[nH]c6c5n(-c5ccccc5)c34)n2)cc1. The number of hydrogen-bond donors (Lipinski definition) is 1. The van der Waals surface area contributed by atoms with E-state index in [4.69, 9.17) is 15.0 Å². The number of nitrogens with one attached hydrogen (secondary N) is 1. The van der Waals surface area contributed by atoms with Crippen LogP contribution in [0.1, 0.15) is 0 Å². The number of H-pyrrole nitrogens is 1. The van der Waals surface area contributed by atoms with Gasteiger partial charge in [0.15, 0.2) is 17.5 Å². The van der Waals surface area contributed by atoms with Crippen LogP contribution in [0.25, 0.3) is 83.5 Å². The molecule has 0 saturated heterocycles. The number of nitrogens with zero attached hydrogens (tertiary/aromatic N) is 4.